The Morgan fingerprint density at radius 2 is 1.62 bits per heavy atom. The van der Waals surface area contributed by atoms with Crippen LogP contribution in [0.3, 0.4) is 0 Å². The van der Waals surface area contributed by atoms with E-state index >= 15 is 0 Å². The Kier molecular flexibility index (Phi) is 5.39. The van der Waals surface area contributed by atoms with Crippen LogP contribution in [0, 0.1) is 5.82 Å². The number of rotatable bonds is 4. The Morgan fingerprint density at radius 1 is 1.04 bits per heavy atom. The molecule has 0 saturated heterocycles. The maximum absolute atomic E-state index is 12.9. The molecule has 1 atom stereocenters. The Morgan fingerprint density at radius 3 is 2.17 bits per heavy atom. The van der Waals surface area contributed by atoms with Gasteiger partial charge in [-0.2, -0.15) is 13.2 Å². The molecule has 0 radical (unpaired) electrons. The number of hydrogen-bond acceptors (Lipinski definition) is 1. The molecule has 2 aromatic carbocycles. The van der Waals surface area contributed by atoms with Crippen LogP contribution in [0.5, 0.6) is 0 Å². The van der Waals surface area contributed by atoms with Crippen LogP contribution in [0.1, 0.15) is 29.7 Å². The predicted molar refractivity (Wildman–Crippen MR) is 83.4 cm³/mol. The minimum absolute atomic E-state index is 0.324. The van der Waals surface area contributed by atoms with Crippen LogP contribution < -0.4 is 5.32 Å². The summed E-state index contributed by atoms with van der Waals surface area (Å²) in [6.45, 7) is 1.75. The molecule has 1 amide bonds. The fourth-order valence-electron chi connectivity index (χ4n) is 2.05. The van der Waals surface area contributed by atoms with E-state index in [0.29, 0.717) is 5.56 Å². The Balaban J connectivity index is 1.96. The molecule has 2 nitrogen and oxygen atoms in total. The van der Waals surface area contributed by atoms with Crippen LogP contribution in [0.2, 0.25) is 0 Å². The highest BCUT2D eigenvalue weighted by Gasteiger charge is 2.29. The zero-order chi connectivity index (χ0) is 17.7. The van der Waals surface area contributed by atoms with E-state index in [9.17, 15) is 22.4 Å². The van der Waals surface area contributed by atoms with Gasteiger partial charge in [0.1, 0.15) is 5.82 Å². The normalized spacial score (nSPS) is 13.0. The number of carbonyl (C=O) groups excluding carboxylic acids is 1. The van der Waals surface area contributed by atoms with E-state index in [1.807, 2.05) is 0 Å². The first-order chi connectivity index (χ1) is 11.3. The second kappa shape index (κ2) is 7.29. The van der Waals surface area contributed by atoms with Crippen LogP contribution >= 0.6 is 0 Å². The molecule has 24 heavy (non-hydrogen) atoms. The molecule has 0 saturated carbocycles. The summed E-state index contributed by atoms with van der Waals surface area (Å²) in [5.41, 5.74) is 0.481. The quantitative estimate of drug-likeness (QED) is 0.634. The second-order valence-corrected chi connectivity index (χ2v) is 5.23. The monoisotopic (exact) mass is 337 g/mol. The number of benzene rings is 2. The van der Waals surface area contributed by atoms with Gasteiger partial charge in [-0.1, -0.05) is 24.3 Å². The summed E-state index contributed by atoms with van der Waals surface area (Å²) in [4.78, 5) is 11.8. The van der Waals surface area contributed by atoms with Gasteiger partial charge in [0.05, 0.1) is 11.6 Å². The standard InChI is InChI=1S/C18H15F4NO/c1-12(14-5-9-16(19)10-6-14)23-17(24)11-4-13-2-7-15(8-3-13)18(20,21)22/h2-12H,1H3,(H,23,24)/b11-4+/t12-/m0/s1. The lowest BCUT2D eigenvalue weighted by Crippen LogP contribution is -2.24. The van der Waals surface area contributed by atoms with Gasteiger partial charge in [-0.15, -0.1) is 0 Å². The van der Waals surface area contributed by atoms with Gasteiger partial charge in [-0.3, -0.25) is 4.79 Å². The van der Waals surface area contributed by atoms with Crippen LogP contribution in [0.15, 0.2) is 54.6 Å². The molecule has 6 heteroatoms. The van der Waals surface area contributed by atoms with Gasteiger partial charge < -0.3 is 5.32 Å². The van der Waals surface area contributed by atoms with E-state index in [4.69, 9.17) is 0 Å². The van der Waals surface area contributed by atoms with E-state index in [0.717, 1.165) is 17.7 Å². The summed E-state index contributed by atoms with van der Waals surface area (Å²) in [5.74, 6) is -0.758. The van der Waals surface area contributed by atoms with Gasteiger partial charge >= 0.3 is 6.18 Å². The summed E-state index contributed by atoms with van der Waals surface area (Å²) in [5, 5.41) is 2.69. The molecule has 0 aromatic heterocycles. The molecule has 0 unspecified atom stereocenters. The summed E-state index contributed by atoms with van der Waals surface area (Å²) >= 11 is 0. The Hall–Kier alpha value is -2.63. The highest BCUT2D eigenvalue weighted by molar-refractivity contribution is 5.91. The van der Waals surface area contributed by atoms with Crippen molar-refractivity contribution in [1.29, 1.82) is 0 Å². The fraction of sp³-hybridized carbons (Fsp3) is 0.167. The molecule has 0 aliphatic heterocycles. The van der Waals surface area contributed by atoms with Gasteiger partial charge in [-0.05, 0) is 48.4 Å². The molecule has 0 aliphatic rings. The fourth-order valence-corrected chi connectivity index (χ4v) is 2.05. The number of halogens is 4. The third-order valence-corrected chi connectivity index (χ3v) is 3.39. The van der Waals surface area contributed by atoms with Crippen molar-refractivity contribution in [2.24, 2.45) is 0 Å². The third-order valence-electron chi connectivity index (χ3n) is 3.39. The zero-order valence-electron chi connectivity index (χ0n) is 12.8. The first-order valence-corrected chi connectivity index (χ1v) is 7.17. The highest BCUT2D eigenvalue weighted by atomic mass is 19.4. The van der Waals surface area contributed by atoms with Crippen molar-refractivity contribution < 1.29 is 22.4 Å². The van der Waals surface area contributed by atoms with Crippen molar-refractivity contribution >= 4 is 12.0 Å². The average molecular weight is 337 g/mol. The van der Waals surface area contributed by atoms with Crippen molar-refractivity contribution in [2.45, 2.75) is 19.1 Å². The number of amides is 1. The lowest BCUT2D eigenvalue weighted by Gasteiger charge is -2.12. The van der Waals surface area contributed by atoms with E-state index in [1.165, 1.54) is 36.4 Å². The molecule has 2 rings (SSSR count). The minimum atomic E-state index is -4.38. The Labute approximate surface area is 136 Å². The molecular weight excluding hydrogens is 322 g/mol. The molecule has 0 spiro atoms. The molecule has 0 heterocycles. The molecule has 126 valence electrons. The summed E-state index contributed by atoms with van der Waals surface area (Å²) in [7, 11) is 0. The lowest BCUT2D eigenvalue weighted by atomic mass is 10.1. The third kappa shape index (κ3) is 4.94. The number of alkyl halides is 3. The smallest absolute Gasteiger partial charge is 0.346 e. The average Bonchev–Trinajstić information content (AvgIpc) is 2.53. The Bertz CT molecular complexity index is 718. The minimum Gasteiger partial charge on any atom is -0.346 e. The zero-order valence-corrected chi connectivity index (χ0v) is 12.8. The van der Waals surface area contributed by atoms with E-state index in [1.54, 1.807) is 19.1 Å². The molecule has 1 N–H and O–H groups in total. The summed E-state index contributed by atoms with van der Waals surface area (Å²) in [6, 6.07) is 9.91. The van der Waals surface area contributed by atoms with Gasteiger partial charge in [-0.25, -0.2) is 4.39 Å². The van der Waals surface area contributed by atoms with Crippen molar-refractivity contribution in [3.63, 3.8) is 0 Å². The first kappa shape index (κ1) is 17.7. The molecule has 0 bridgehead atoms. The lowest BCUT2D eigenvalue weighted by molar-refractivity contribution is -0.137. The number of hydrogen-bond donors (Lipinski definition) is 1. The van der Waals surface area contributed by atoms with E-state index in [-0.39, 0.29) is 11.9 Å². The predicted octanol–water partition coefficient (Wildman–Crippen LogP) is 4.74. The van der Waals surface area contributed by atoms with Crippen molar-refractivity contribution in [3.05, 3.63) is 77.1 Å². The van der Waals surface area contributed by atoms with Gasteiger partial charge in [0, 0.05) is 6.08 Å². The number of nitrogens with one attached hydrogen (secondary N) is 1. The molecular formula is C18H15F4NO. The van der Waals surface area contributed by atoms with Gasteiger partial charge in [0.15, 0.2) is 0 Å². The van der Waals surface area contributed by atoms with Crippen LogP contribution in [0.4, 0.5) is 17.6 Å². The van der Waals surface area contributed by atoms with Gasteiger partial charge in [0.2, 0.25) is 5.91 Å². The summed E-state index contributed by atoms with van der Waals surface area (Å²) in [6.07, 6.45) is -1.72. The van der Waals surface area contributed by atoms with Crippen LogP contribution in [-0.2, 0) is 11.0 Å². The van der Waals surface area contributed by atoms with Gasteiger partial charge in [0.25, 0.3) is 0 Å². The molecule has 2 aromatic rings. The van der Waals surface area contributed by atoms with Crippen molar-refractivity contribution in [1.82, 2.24) is 5.32 Å². The van der Waals surface area contributed by atoms with E-state index in [2.05, 4.69) is 5.32 Å². The second-order valence-electron chi connectivity index (χ2n) is 5.23. The topological polar surface area (TPSA) is 29.1 Å². The van der Waals surface area contributed by atoms with Crippen molar-refractivity contribution in [3.8, 4) is 0 Å². The molecule has 0 aliphatic carbocycles. The largest absolute Gasteiger partial charge is 0.416 e. The van der Waals surface area contributed by atoms with Crippen LogP contribution in [-0.4, -0.2) is 5.91 Å². The van der Waals surface area contributed by atoms with E-state index < -0.39 is 17.6 Å². The van der Waals surface area contributed by atoms with Crippen LogP contribution in [0.25, 0.3) is 6.08 Å². The maximum atomic E-state index is 12.9. The SMILES string of the molecule is C[C@H](NC(=O)/C=C/c1ccc(C(F)(F)F)cc1)c1ccc(F)cc1. The maximum Gasteiger partial charge on any atom is 0.416 e. The molecule has 0 fully saturated rings. The summed E-state index contributed by atoms with van der Waals surface area (Å²) < 4.78 is 50.2. The highest BCUT2D eigenvalue weighted by Crippen LogP contribution is 2.29. The number of carbonyl (C=O) groups is 1. The first-order valence-electron chi connectivity index (χ1n) is 7.17. The van der Waals surface area contributed by atoms with Crippen molar-refractivity contribution in [2.75, 3.05) is 0 Å².